The van der Waals surface area contributed by atoms with Gasteiger partial charge in [0.1, 0.15) is 12.1 Å². The predicted octanol–water partition coefficient (Wildman–Crippen LogP) is 2.29. The number of aldehydes is 1. The van der Waals surface area contributed by atoms with E-state index in [2.05, 4.69) is 4.72 Å². The molecule has 0 saturated carbocycles. The molecule has 1 N–H and O–H groups in total. The van der Waals surface area contributed by atoms with Crippen LogP contribution in [-0.4, -0.2) is 54.6 Å². The van der Waals surface area contributed by atoms with Crippen molar-refractivity contribution < 1.29 is 26.0 Å². The first-order valence-electron chi connectivity index (χ1n) is 9.60. The number of carbonyl (C=O) groups excluding carboxylic acids is 1. The minimum atomic E-state index is -4.10. The Labute approximate surface area is 181 Å². The third-order valence-corrected chi connectivity index (χ3v) is 8.40. The number of hydrogen-bond acceptors (Lipinski definition) is 6. The maximum atomic E-state index is 14.6. The molecule has 1 fully saturated rings. The Balaban J connectivity index is 1.89. The lowest BCUT2D eigenvalue weighted by Crippen LogP contribution is -2.35. The molecular formula is C20H24FN3O5S2. The van der Waals surface area contributed by atoms with Gasteiger partial charge in [-0.2, -0.15) is 0 Å². The number of rotatable bonds is 7. The van der Waals surface area contributed by atoms with E-state index in [1.165, 1.54) is 56.6 Å². The minimum absolute atomic E-state index is 0.0408. The Kier molecular flexibility index (Phi) is 6.68. The van der Waals surface area contributed by atoms with Crippen LogP contribution in [0, 0.1) is 11.7 Å². The van der Waals surface area contributed by atoms with Gasteiger partial charge in [0.15, 0.2) is 0 Å². The Morgan fingerprint density at radius 3 is 2.13 bits per heavy atom. The molecule has 1 heterocycles. The van der Waals surface area contributed by atoms with Crippen molar-refractivity contribution in [2.45, 2.75) is 22.6 Å². The van der Waals surface area contributed by atoms with Gasteiger partial charge in [0.25, 0.3) is 10.0 Å². The van der Waals surface area contributed by atoms with Crippen LogP contribution < -0.4 is 9.62 Å². The van der Waals surface area contributed by atoms with Crippen molar-refractivity contribution in [2.24, 2.45) is 5.92 Å². The van der Waals surface area contributed by atoms with E-state index in [9.17, 15) is 26.0 Å². The zero-order valence-electron chi connectivity index (χ0n) is 17.2. The van der Waals surface area contributed by atoms with E-state index in [0.717, 1.165) is 10.6 Å². The van der Waals surface area contributed by atoms with E-state index < -0.39 is 25.9 Å². The smallest absolute Gasteiger partial charge is 0.261 e. The second kappa shape index (κ2) is 8.93. The molecule has 8 nitrogen and oxygen atoms in total. The number of piperidine rings is 1. The van der Waals surface area contributed by atoms with Crippen LogP contribution in [0.3, 0.4) is 0 Å². The van der Waals surface area contributed by atoms with Crippen molar-refractivity contribution in [1.29, 1.82) is 0 Å². The largest absolute Gasteiger partial charge is 0.367 e. The third-order valence-electron chi connectivity index (χ3n) is 5.19. The van der Waals surface area contributed by atoms with Crippen LogP contribution in [0.25, 0.3) is 0 Å². The molecule has 0 unspecified atom stereocenters. The summed E-state index contributed by atoms with van der Waals surface area (Å²) in [4.78, 5) is 12.5. The van der Waals surface area contributed by atoms with Crippen LogP contribution in [-0.2, 0) is 24.8 Å². The molecule has 0 spiro atoms. The summed E-state index contributed by atoms with van der Waals surface area (Å²) in [6, 6.07) is 8.91. The zero-order chi connectivity index (χ0) is 22.8. The molecule has 0 aliphatic carbocycles. The summed E-state index contributed by atoms with van der Waals surface area (Å²) in [5, 5.41) is 0. The van der Waals surface area contributed by atoms with Crippen LogP contribution >= 0.6 is 0 Å². The highest BCUT2D eigenvalue weighted by Gasteiger charge is 2.26. The zero-order valence-corrected chi connectivity index (χ0v) is 18.8. The molecule has 0 amide bonds. The molecule has 0 atom stereocenters. The van der Waals surface area contributed by atoms with Crippen LogP contribution in [0.2, 0.25) is 0 Å². The average Bonchev–Trinajstić information content (AvgIpc) is 2.74. The van der Waals surface area contributed by atoms with E-state index >= 15 is 0 Å². The molecule has 2 aromatic rings. The van der Waals surface area contributed by atoms with Crippen LogP contribution in [0.1, 0.15) is 12.8 Å². The lowest BCUT2D eigenvalue weighted by atomic mass is 9.98. The van der Waals surface area contributed by atoms with Crippen molar-refractivity contribution in [3.63, 3.8) is 0 Å². The van der Waals surface area contributed by atoms with Crippen molar-refractivity contribution in [1.82, 2.24) is 4.31 Å². The van der Waals surface area contributed by atoms with Gasteiger partial charge in [-0.25, -0.2) is 25.5 Å². The highest BCUT2D eigenvalue weighted by molar-refractivity contribution is 7.92. The van der Waals surface area contributed by atoms with Gasteiger partial charge in [0, 0.05) is 33.1 Å². The topological polar surface area (TPSA) is 104 Å². The first-order valence-corrected chi connectivity index (χ1v) is 12.5. The van der Waals surface area contributed by atoms with Gasteiger partial charge in [0.05, 0.1) is 21.2 Å². The fourth-order valence-electron chi connectivity index (χ4n) is 3.38. The number of anilines is 2. The molecule has 1 saturated heterocycles. The molecule has 3 rings (SSSR count). The summed E-state index contributed by atoms with van der Waals surface area (Å²) in [6.45, 7) is 0.853. The minimum Gasteiger partial charge on any atom is -0.367 e. The van der Waals surface area contributed by atoms with Crippen LogP contribution in [0.5, 0.6) is 0 Å². The van der Waals surface area contributed by atoms with Gasteiger partial charge in [-0.3, -0.25) is 4.72 Å². The predicted molar refractivity (Wildman–Crippen MR) is 116 cm³/mol. The third kappa shape index (κ3) is 4.89. The van der Waals surface area contributed by atoms with Gasteiger partial charge < -0.3 is 9.69 Å². The average molecular weight is 470 g/mol. The number of benzene rings is 2. The van der Waals surface area contributed by atoms with Crippen molar-refractivity contribution >= 4 is 37.7 Å². The molecule has 1 aliphatic heterocycles. The summed E-state index contributed by atoms with van der Waals surface area (Å²) in [5.41, 5.74) is 0.205. The van der Waals surface area contributed by atoms with E-state index in [4.69, 9.17) is 0 Å². The van der Waals surface area contributed by atoms with Gasteiger partial charge in [-0.1, -0.05) is 6.07 Å². The van der Waals surface area contributed by atoms with Crippen molar-refractivity contribution in [3.8, 4) is 0 Å². The van der Waals surface area contributed by atoms with Crippen molar-refractivity contribution in [3.05, 3.63) is 48.3 Å². The lowest BCUT2D eigenvalue weighted by Gasteiger charge is -2.33. The van der Waals surface area contributed by atoms with Gasteiger partial charge in [-0.15, -0.1) is 0 Å². The number of carbonyl (C=O) groups is 1. The Morgan fingerprint density at radius 2 is 1.58 bits per heavy atom. The summed E-state index contributed by atoms with van der Waals surface area (Å²) < 4.78 is 68.2. The fourth-order valence-corrected chi connectivity index (χ4v) is 5.35. The number of halogens is 1. The quantitative estimate of drug-likeness (QED) is 0.624. The SMILES string of the molecule is CN(C)S(=O)(=O)c1ccc(S(=O)(=O)Nc2cccc(F)c2N2CCC(C=O)CC2)cc1. The maximum absolute atomic E-state index is 14.6. The van der Waals surface area contributed by atoms with Gasteiger partial charge >= 0.3 is 0 Å². The normalized spacial score (nSPS) is 15.8. The Bertz CT molecular complexity index is 1160. The summed E-state index contributed by atoms with van der Waals surface area (Å²) >= 11 is 0. The Morgan fingerprint density at radius 1 is 1.00 bits per heavy atom. The molecule has 168 valence electrons. The molecule has 0 aromatic heterocycles. The number of hydrogen-bond donors (Lipinski definition) is 1. The Hall–Kier alpha value is -2.50. The van der Waals surface area contributed by atoms with E-state index in [-0.39, 0.29) is 27.1 Å². The van der Waals surface area contributed by atoms with E-state index in [1.54, 1.807) is 4.90 Å². The first kappa shape index (κ1) is 23.2. The first-order chi connectivity index (χ1) is 14.6. The standard InChI is InChI=1S/C20H24FN3O5S2/c1-23(2)31(28,29)17-8-6-16(7-9-17)30(26,27)22-19-5-3-4-18(21)20(19)24-12-10-15(14-25)11-13-24/h3-9,14-15,22H,10-13H2,1-2H3. The summed E-state index contributed by atoms with van der Waals surface area (Å²) in [5.74, 6) is -0.655. The molecule has 31 heavy (non-hydrogen) atoms. The van der Waals surface area contributed by atoms with Crippen molar-refractivity contribution in [2.75, 3.05) is 36.8 Å². The van der Waals surface area contributed by atoms with Gasteiger partial charge in [0.2, 0.25) is 10.0 Å². The molecular weight excluding hydrogens is 445 g/mol. The van der Waals surface area contributed by atoms with Crippen LogP contribution in [0.15, 0.2) is 52.3 Å². The molecule has 11 heteroatoms. The second-order valence-corrected chi connectivity index (χ2v) is 11.3. The summed E-state index contributed by atoms with van der Waals surface area (Å²) in [6.07, 6.45) is 2.01. The van der Waals surface area contributed by atoms with E-state index in [1.807, 2.05) is 0 Å². The second-order valence-electron chi connectivity index (χ2n) is 7.46. The molecule has 0 radical (unpaired) electrons. The number of nitrogens with zero attached hydrogens (tertiary/aromatic N) is 2. The number of nitrogens with one attached hydrogen (secondary N) is 1. The molecule has 1 aliphatic rings. The highest BCUT2D eigenvalue weighted by Crippen LogP contribution is 2.33. The maximum Gasteiger partial charge on any atom is 0.261 e. The monoisotopic (exact) mass is 469 g/mol. The number of para-hydroxylation sites is 1. The molecule has 2 aromatic carbocycles. The summed E-state index contributed by atoms with van der Waals surface area (Å²) in [7, 11) is -5.03. The van der Waals surface area contributed by atoms with Crippen LogP contribution in [0.4, 0.5) is 15.8 Å². The van der Waals surface area contributed by atoms with E-state index in [0.29, 0.717) is 25.9 Å². The van der Waals surface area contributed by atoms with Gasteiger partial charge in [-0.05, 0) is 49.2 Å². The highest BCUT2D eigenvalue weighted by atomic mass is 32.2. The molecule has 0 bridgehead atoms. The fraction of sp³-hybridized carbons (Fsp3) is 0.350. The number of sulfonamides is 2. The lowest BCUT2D eigenvalue weighted by molar-refractivity contribution is -0.111.